The van der Waals surface area contributed by atoms with Crippen molar-refractivity contribution in [1.29, 1.82) is 0 Å². The predicted octanol–water partition coefficient (Wildman–Crippen LogP) is 3.42. The molecule has 134 valence electrons. The highest BCUT2D eigenvalue weighted by Gasteiger charge is 2.22. The van der Waals surface area contributed by atoms with Gasteiger partial charge in [-0.15, -0.1) is 24.0 Å². The number of hydrogen-bond donors (Lipinski definition) is 2. The molecule has 0 radical (unpaired) electrons. The molecule has 0 bridgehead atoms. The molecule has 0 unspecified atom stereocenters. The molecule has 6 nitrogen and oxygen atoms in total. The Bertz CT molecular complexity index is 720. The molecule has 7 heteroatoms. The molecule has 0 spiro atoms. The van der Waals surface area contributed by atoms with Crippen LogP contribution in [0, 0.1) is 5.92 Å². The van der Waals surface area contributed by atoms with Crippen molar-refractivity contribution >= 4 is 35.6 Å². The highest BCUT2D eigenvalue weighted by Crippen LogP contribution is 2.29. The molecule has 1 aromatic heterocycles. The molecular weight excluding hydrogens is 431 g/mol. The fraction of sp³-hybridized carbons (Fsp3) is 0.333. The zero-order chi connectivity index (χ0) is 16.8. The summed E-state index contributed by atoms with van der Waals surface area (Å²) in [6, 6.07) is 11.3. The first-order valence-electron chi connectivity index (χ1n) is 8.01. The summed E-state index contributed by atoms with van der Waals surface area (Å²) in [7, 11) is 1.63. The van der Waals surface area contributed by atoms with Gasteiger partial charge in [0, 0.05) is 24.0 Å². The second-order valence-corrected chi connectivity index (χ2v) is 5.82. The number of benzene rings is 1. The van der Waals surface area contributed by atoms with Gasteiger partial charge in [0.2, 0.25) is 5.88 Å². The number of nitrogens with one attached hydrogen (secondary N) is 1. The quantitative estimate of drug-likeness (QED) is 0.381. The molecule has 1 aliphatic carbocycles. The van der Waals surface area contributed by atoms with E-state index in [4.69, 9.17) is 15.2 Å². The SMILES string of the molecule is COc1cccc(NC(N)=NCc2ccnc(OCC3CC3)c2)c1.I. The summed E-state index contributed by atoms with van der Waals surface area (Å²) in [6.07, 6.45) is 4.26. The number of anilines is 1. The average Bonchev–Trinajstić information content (AvgIpc) is 3.43. The first-order chi connectivity index (χ1) is 11.7. The predicted molar refractivity (Wildman–Crippen MR) is 110 cm³/mol. The number of halogens is 1. The maximum atomic E-state index is 5.94. The molecule has 1 heterocycles. The second-order valence-electron chi connectivity index (χ2n) is 5.82. The molecule has 1 aliphatic rings. The van der Waals surface area contributed by atoms with Crippen LogP contribution < -0.4 is 20.5 Å². The van der Waals surface area contributed by atoms with Crippen molar-refractivity contribution in [3.63, 3.8) is 0 Å². The molecule has 25 heavy (non-hydrogen) atoms. The number of nitrogens with two attached hydrogens (primary N) is 1. The number of nitrogens with zero attached hydrogens (tertiary/aromatic N) is 2. The van der Waals surface area contributed by atoms with Gasteiger partial charge in [0.05, 0.1) is 20.3 Å². The number of guanidine groups is 1. The highest BCUT2D eigenvalue weighted by atomic mass is 127. The lowest BCUT2D eigenvalue weighted by Gasteiger charge is -2.08. The van der Waals surface area contributed by atoms with Crippen molar-refractivity contribution in [3.05, 3.63) is 48.2 Å². The molecule has 0 atom stereocenters. The fourth-order valence-electron chi connectivity index (χ4n) is 2.18. The van der Waals surface area contributed by atoms with E-state index in [2.05, 4.69) is 15.3 Å². The van der Waals surface area contributed by atoms with Gasteiger partial charge >= 0.3 is 0 Å². The van der Waals surface area contributed by atoms with E-state index in [1.54, 1.807) is 13.3 Å². The van der Waals surface area contributed by atoms with Crippen LogP contribution in [0.25, 0.3) is 0 Å². The smallest absolute Gasteiger partial charge is 0.213 e. The first-order valence-corrected chi connectivity index (χ1v) is 8.01. The van der Waals surface area contributed by atoms with Crippen LogP contribution in [-0.4, -0.2) is 24.7 Å². The topological polar surface area (TPSA) is 81.8 Å². The lowest BCUT2D eigenvalue weighted by molar-refractivity contribution is 0.288. The molecular formula is C18H23IN4O2. The van der Waals surface area contributed by atoms with Crippen LogP contribution in [-0.2, 0) is 6.54 Å². The Hall–Kier alpha value is -2.03. The second kappa shape index (κ2) is 9.45. The summed E-state index contributed by atoms with van der Waals surface area (Å²) in [5.74, 6) is 2.46. The van der Waals surface area contributed by atoms with Gasteiger partial charge in [0.1, 0.15) is 5.75 Å². The molecule has 1 saturated carbocycles. The summed E-state index contributed by atoms with van der Waals surface area (Å²) in [4.78, 5) is 8.57. The number of aliphatic imine (C=N–C) groups is 1. The van der Waals surface area contributed by atoms with Crippen molar-refractivity contribution in [2.24, 2.45) is 16.6 Å². The van der Waals surface area contributed by atoms with E-state index >= 15 is 0 Å². The van der Waals surface area contributed by atoms with Gasteiger partial charge in [-0.2, -0.15) is 0 Å². The van der Waals surface area contributed by atoms with Crippen LogP contribution in [0.3, 0.4) is 0 Å². The maximum Gasteiger partial charge on any atom is 0.213 e. The standard InChI is InChI=1S/C18H22N4O2.HI/c1-23-16-4-2-3-15(10-16)22-18(19)21-11-14-7-8-20-17(9-14)24-12-13-5-6-13;/h2-4,7-10,13H,5-6,11-12H2,1H3,(H3,19,21,22);1H. The van der Waals surface area contributed by atoms with Gasteiger partial charge in [0.25, 0.3) is 0 Å². The largest absolute Gasteiger partial charge is 0.497 e. The molecule has 0 aliphatic heterocycles. The Labute approximate surface area is 164 Å². The van der Waals surface area contributed by atoms with Crippen molar-refractivity contribution < 1.29 is 9.47 Å². The molecule has 1 fully saturated rings. The Morgan fingerprint density at radius 3 is 2.92 bits per heavy atom. The Balaban J connectivity index is 0.00000225. The van der Waals surface area contributed by atoms with Crippen LogP contribution in [0.15, 0.2) is 47.6 Å². The Kier molecular flexibility index (Phi) is 7.30. The minimum atomic E-state index is 0. The molecule has 2 aromatic rings. The summed E-state index contributed by atoms with van der Waals surface area (Å²) >= 11 is 0. The van der Waals surface area contributed by atoms with Gasteiger partial charge in [-0.1, -0.05) is 6.07 Å². The summed E-state index contributed by atoms with van der Waals surface area (Å²) < 4.78 is 10.9. The number of aromatic nitrogens is 1. The number of pyridine rings is 1. The fourth-order valence-corrected chi connectivity index (χ4v) is 2.18. The summed E-state index contributed by atoms with van der Waals surface area (Å²) in [6.45, 7) is 1.21. The maximum absolute atomic E-state index is 5.94. The van der Waals surface area contributed by atoms with Crippen LogP contribution >= 0.6 is 24.0 Å². The number of methoxy groups -OCH3 is 1. The zero-order valence-electron chi connectivity index (χ0n) is 14.1. The van der Waals surface area contributed by atoms with E-state index in [9.17, 15) is 0 Å². The number of hydrogen-bond acceptors (Lipinski definition) is 4. The average molecular weight is 454 g/mol. The normalized spacial score (nSPS) is 13.7. The van der Waals surface area contributed by atoms with Crippen molar-refractivity contribution in [2.75, 3.05) is 19.0 Å². The molecule has 0 amide bonds. The first kappa shape index (κ1) is 19.3. The van der Waals surface area contributed by atoms with E-state index in [-0.39, 0.29) is 24.0 Å². The van der Waals surface area contributed by atoms with E-state index in [0.29, 0.717) is 24.3 Å². The van der Waals surface area contributed by atoms with Crippen molar-refractivity contribution in [2.45, 2.75) is 19.4 Å². The van der Waals surface area contributed by atoms with Crippen molar-refractivity contribution in [3.8, 4) is 11.6 Å². The van der Waals surface area contributed by atoms with Crippen LogP contribution in [0.4, 0.5) is 5.69 Å². The Morgan fingerprint density at radius 2 is 2.16 bits per heavy atom. The minimum absolute atomic E-state index is 0. The van der Waals surface area contributed by atoms with Gasteiger partial charge in [-0.3, -0.25) is 0 Å². The van der Waals surface area contributed by atoms with E-state index in [0.717, 1.165) is 23.6 Å². The number of ether oxygens (including phenoxy) is 2. The third kappa shape index (κ3) is 6.41. The molecule has 1 aromatic carbocycles. The third-order valence-electron chi connectivity index (χ3n) is 3.74. The van der Waals surface area contributed by atoms with Gasteiger partial charge < -0.3 is 20.5 Å². The number of rotatable bonds is 7. The lowest BCUT2D eigenvalue weighted by Crippen LogP contribution is -2.22. The van der Waals surface area contributed by atoms with E-state index in [1.807, 2.05) is 36.4 Å². The molecule has 3 rings (SSSR count). The highest BCUT2D eigenvalue weighted by molar-refractivity contribution is 14.0. The minimum Gasteiger partial charge on any atom is -0.497 e. The lowest BCUT2D eigenvalue weighted by atomic mass is 10.2. The summed E-state index contributed by atoms with van der Waals surface area (Å²) in [5, 5.41) is 3.05. The van der Waals surface area contributed by atoms with Crippen molar-refractivity contribution in [1.82, 2.24) is 4.98 Å². The van der Waals surface area contributed by atoms with Gasteiger partial charge in [-0.25, -0.2) is 9.98 Å². The van der Waals surface area contributed by atoms with Crippen LogP contribution in [0.1, 0.15) is 18.4 Å². The molecule has 0 saturated heterocycles. The van der Waals surface area contributed by atoms with Gasteiger partial charge in [-0.05, 0) is 42.5 Å². The zero-order valence-corrected chi connectivity index (χ0v) is 16.5. The van der Waals surface area contributed by atoms with Crippen LogP contribution in [0.2, 0.25) is 0 Å². The van der Waals surface area contributed by atoms with E-state index in [1.165, 1.54) is 12.8 Å². The van der Waals surface area contributed by atoms with E-state index < -0.39 is 0 Å². The molecule has 3 N–H and O–H groups in total. The van der Waals surface area contributed by atoms with Crippen LogP contribution in [0.5, 0.6) is 11.6 Å². The van der Waals surface area contributed by atoms with Gasteiger partial charge in [0.15, 0.2) is 5.96 Å². The third-order valence-corrected chi connectivity index (χ3v) is 3.74. The summed E-state index contributed by atoms with van der Waals surface area (Å²) in [5.41, 5.74) is 7.78. The Morgan fingerprint density at radius 1 is 1.32 bits per heavy atom. The monoisotopic (exact) mass is 454 g/mol.